The van der Waals surface area contributed by atoms with Gasteiger partial charge in [-0.1, -0.05) is 41.0 Å². The maximum Gasteiger partial charge on any atom is 0.534 e. The number of benzene rings is 1. The van der Waals surface area contributed by atoms with E-state index in [-0.39, 0.29) is 26.5 Å². The fourth-order valence-corrected chi connectivity index (χ4v) is 3.36. The van der Waals surface area contributed by atoms with Crippen LogP contribution in [0.3, 0.4) is 0 Å². The minimum Gasteiger partial charge on any atom is -0.369 e. The predicted molar refractivity (Wildman–Crippen MR) is 94.7 cm³/mol. The maximum absolute atomic E-state index is 12.5. The second-order valence-corrected chi connectivity index (χ2v) is 7.98. The Labute approximate surface area is 161 Å². The minimum absolute atomic E-state index is 0.0420. The highest BCUT2D eigenvalue weighted by Crippen LogP contribution is 2.38. The zero-order valence-electron chi connectivity index (χ0n) is 13.1. The normalized spacial score (nSPS) is 18.8. The number of amidine groups is 1. The van der Waals surface area contributed by atoms with Crippen molar-refractivity contribution in [2.45, 2.75) is 18.7 Å². The van der Waals surface area contributed by atoms with Crippen LogP contribution < -0.4 is 4.90 Å². The molecule has 1 aliphatic rings. The number of rotatable bonds is 3. The van der Waals surface area contributed by atoms with Crippen molar-refractivity contribution in [1.82, 2.24) is 0 Å². The molecule has 144 valence electrons. The summed E-state index contributed by atoms with van der Waals surface area (Å²) in [7, 11) is -5.93. The molecule has 1 unspecified atom stereocenters. The second-order valence-electron chi connectivity index (χ2n) is 4.89. The molecule has 1 aromatic rings. The molecule has 0 bridgehead atoms. The molecular formula is C13H11Cl2F3N2O4S2. The van der Waals surface area contributed by atoms with E-state index >= 15 is 0 Å². The first-order chi connectivity index (χ1) is 11.9. The van der Waals surface area contributed by atoms with Crippen LogP contribution in [0.15, 0.2) is 34.6 Å². The number of halogens is 5. The summed E-state index contributed by atoms with van der Waals surface area (Å²) >= 11 is 13.0. The lowest BCUT2D eigenvalue weighted by atomic mass is 10.2. The number of aliphatic hydroxyl groups is 1. The van der Waals surface area contributed by atoms with Crippen molar-refractivity contribution in [3.63, 3.8) is 0 Å². The van der Waals surface area contributed by atoms with E-state index in [0.717, 1.165) is 11.8 Å². The van der Waals surface area contributed by atoms with Crippen molar-refractivity contribution in [2.75, 3.05) is 11.2 Å². The molecule has 1 atom stereocenters. The Hall–Kier alpha value is -1.14. The van der Waals surface area contributed by atoms with Gasteiger partial charge in [0.2, 0.25) is 5.88 Å². The van der Waals surface area contributed by atoms with Crippen molar-refractivity contribution >= 4 is 55.9 Å². The van der Waals surface area contributed by atoms with Crippen LogP contribution in [0.2, 0.25) is 10.0 Å². The summed E-state index contributed by atoms with van der Waals surface area (Å²) < 4.78 is 64.1. The van der Waals surface area contributed by atoms with E-state index in [4.69, 9.17) is 23.2 Å². The van der Waals surface area contributed by atoms with Crippen LogP contribution in [0.1, 0.15) is 6.92 Å². The van der Waals surface area contributed by atoms with Gasteiger partial charge in [0.25, 0.3) is 0 Å². The lowest BCUT2D eigenvalue weighted by Gasteiger charge is -2.34. The van der Waals surface area contributed by atoms with Crippen molar-refractivity contribution in [1.29, 1.82) is 0 Å². The molecule has 1 aliphatic heterocycles. The molecule has 0 aromatic heterocycles. The molecule has 0 fully saturated rings. The van der Waals surface area contributed by atoms with Crippen LogP contribution in [0, 0.1) is 0 Å². The predicted octanol–water partition coefficient (Wildman–Crippen LogP) is 3.95. The number of nitrogens with zero attached hydrogens (tertiary/aromatic N) is 2. The van der Waals surface area contributed by atoms with Gasteiger partial charge in [-0.3, -0.25) is 4.90 Å². The van der Waals surface area contributed by atoms with Crippen molar-refractivity contribution in [3.05, 3.63) is 39.7 Å². The Bertz CT molecular complexity index is 888. The van der Waals surface area contributed by atoms with Gasteiger partial charge in [0.15, 0.2) is 11.4 Å². The van der Waals surface area contributed by atoms with Gasteiger partial charge >= 0.3 is 15.6 Å². The van der Waals surface area contributed by atoms with Gasteiger partial charge in [0, 0.05) is 5.57 Å². The van der Waals surface area contributed by atoms with Crippen LogP contribution in [0.5, 0.6) is 0 Å². The number of aliphatic hydroxyl groups excluding tert-OH is 1. The molecule has 1 heterocycles. The van der Waals surface area contributed by atoms with Gasteiger partial charge in [-0.25, -0.2) is 0 Å². The number of thioether (sulfide) groups is 1. The van der Waals surface area contributed by atoms with Crippen molar-refractivity contribution < 1.29 is 30.9 Å². The van der Waals surface area contributed by atoms with Gasteiger partial charge in [0.05, 0.1) is 15.7 Å². The fraction of sp³-hybridized carbons (Fsp3) is 0.308. The Balaban J connectivity index is 2.51. The number of anilines is 1. The van der Waals surface area contributed by atoms with Crippen LogP contribution in [-0.4, -0.2) is 36.7 Å². The average Bonchev–Trinajstić information content (AvgIpc) is 2.53. The molecule has 6 nitrogen and oxygen atoms in total. The van der Waals surface area contributed by atoms with E-state index in [1.807, 2.05) is 0 Å². The molecule has 1 N–H and O–H groups in total. The number of hydrogen-bond acceptors (Lipinski definition) is 7. The van der Waals surface area contributed by atoms with Crippen molar-refractivity contribution in [2.24, 2.45) is 4.99 Å². The van der Waals surface area contributed by atoms with E-state index < -0.39 is 27.7 Å². The van der Waals surface area contributed by atoms with Crippen LogP contribution in [0.4, 0.5) is 18.9 Å². The van der Waals surface area contributed by atoms with Crippen LogP contribution in [0.25, 0.3) is 0 Å². The molecule has 0 saturated heterocycles. The van der Waals surface area contributed by atoms with E-state index in [1.54, 1.807) is 6.07 Å². The molecule has 0 amide bonds. The Kier molecular flexibility index (Phi) is 6.08. The molecule has 0 spiro atoms. The lowest BCUT2D eigenvalue weighted by molar-refractivity contribution is -0.0524. The Morgan fingerprint density at radius 3 is 2.50 bits per heavy atom. The largest absolute Gasteiger partial charge is 0.534 e. The van der Waals surface area contributed by atoms with Gasteiger partial charge < -0.3 is 9.29 Å². The molecule has 0 radical (unpaired) electrons. The average molecular weight is 451 g/mol. The van der Waals surface area contributed by atoms with E-state index in [0.29, 0.717) is 0 Å². The molecule has 0 saturated carbocycles. The third kappa shape index (κ3) is 3.91. The SMILES string of the molecule is CSC1=NC(OS(=O)(=O)C(F)(F)F)=C(C)C(O)N1c1cccc(Cl)c1Cl. The van der Waals surface area contributed by atoms with Crippen molar-refractivity contribution in [3.8, 4) is 0 Å². The van der Waals surface area contributed by atoms with Gasteiger partial charge in [-0.05, 0) is 25.3 Å². The number of aliphatic imine (C=N–C) groups is 1. The first kappa shape index (κ1) is 21.2. The molecule has 0 aliphatic carbocycles. The van der Waals surface area contributed by atoms with E-state index in [2.05, 4.69) is 9.18 Å². The molecule has 1 aromatic carbocycles. The second kappa shape index (κ2) is 7.47. The summed E-state index contributed by atoms with van der Waals surface area (Å²) in [5, 5.41) is 10.7. The first-order valence-electron chi connectivity index (χ1n) is 6.66. The zero-order valence-corrected chi connectivity index (χ0v) is 16.2. The molecular weight excluding hydrogens is 440 g/mol. The maximum atomic E-state index is 12.5. The highest BCUT2D eigenvalue weighted by molar-refractivity contribution is 8.13. The lowest BCUT2D eigenvalue weighted by Crippen LogP contribution is -2.43. The zero-order chi connectivity index (χ0) is 19.9. The molecule has 13 heteroatoms. The Morgan fingerprint density at radius 2 is 1.96 bits per heavy atom. The third-order valence-electron chi connectivity index (χ3n) is 3.22. The monoisotopic (exact) mass is 450 g/mol. The molecule has 2 rings (SSSR count). The topological polar surface area (TPSA) is 79.2 Å². The van der Waals surface area contributed by atoms with Gasteiger partial charge in [-0.15, -0.1) is 0 Å². The fourth-order valence-electron chi connectivity index (χ4n) is 1.93. The first-order valence-corrected chi connectivity index (χ1v) is 10.0. The summed E-state index contributed by atoms with van der Waals surface area (Å²) in [5.41, 5.74) is -5.66. The summed E-state index contributed by atoms with van der Waals surface area (Å²) in [6, 6.07) is 4.56. The van der Waals surface area contributed by atoms with Crippen LogP contribution in [-0.2, 0) is 14.3 Å². The Morgan fingerprint density at radius 1 is 1.35 bits per heavy atom. The summed E-state index contributed by atoms with van der Waals surface area (Å²) in [6.07, 6.45) is -0.0579. The summed E-state index contributed by atoms with van der Waals surface area (Å²) in [6.45, 7) is 1.18. The van der Waals surface area contributed by atoms with E-state index in [9.17, 15) is 26.7 Å². The third-order valence-corrected chi connectivity index (χ3v) is 5.62. The quantitative estimate of drug-likeness (QED) is 0.554. The van der Waals surface area contributed by atoms with Crippen LogP contribution >= 0.6 is 35.0 Å². The smallest absolute Gasteiger partial charge is 0.369 e. The van der Waals surface area contributed by atoms with Gasteiger partial charge in [0.1, 0.15) is 0 Å². The summed E-state index contributed by atoms with van der Waals surface area (Å²) in [4.78, 5) is 4.98. The highest BCUT2D eigenvalue weighted by Gasteiger charge is 2.49. The van der Waals surface area contributed by atoms with Gasteiger partial charge in [-0.2, -0.15) is 26.6 Å². The minimum atomic E-state index is -5.93. The standard InChI is InChI=1S/C13H11Cl2F3N2O4S2/c1-6-10(24-26(22,23)13(16,17)18)19-12(25-2)20(11(6)21)8-5-3-4-7(14)9(8)15/h3-5,11,21H,1-2H3. The highest BCUT2D eigenvalue weighted by atomic mass is 35.5. The number of hydrogen-bond donors (Lipinski definition) is 1. The number of alkyl halides is 3. The molecule has 26 heavy (non-hydrogen) atoms. The van der Waals surface area contributed by atoms with E-state index in [1.165, 1.54) is 30.2 Å². The summed E-state index contributed by atoms with van der Waals surface area (Å²) in [5.74, 6) is -0.867.